The van der Waals surface area contributed by atoms with E-state index < -0.39 is 0 Å². The molecule has 0 aliphatic carbocycles. The first-order valence-corrected chi connectivity index (χ1v) is 8.22. The Hall–Kier alpha value is -1.71. The molecule has 0 fully saturated rings. The monoisotopic (exact) mass is 303 g/mol. The first kappa shape index (κ1) is 16.7. The molecule has 1 aliphatic rings. The van der Waals surface area contributed by atoms with Crippen LogP contribution in [-0.2, 0) is 4.79 Å². The first-order valence-electron chi connectivity index (χ1n) is 8.22. The van der Waals surface area contributed by atoms with Crippen molar-refractivity contribution >= 4 is 17.3 Å². The molecule has 2 rings (SSSR count). The van der Waals surface area contributed by atoms with Gasteiger partial charge < -0.3 is 15.1 Å². The van der Waals surface area contributed by atoms with Crippen molar-refractivity contribution in [3.8, 4) is 0 Å². The molecular formula is C18H29N3O. The van der Waals surface area contributed by atoms with Crippen LogP contribution in [0.15, 0.2) is 24.3 Å². The Morgan fingerprint density at radius 2 is 1.95 bits per heavy atom. The summed E-state index contributed by atoms with van der Waals surface area (Å²) in [6, 6.07) is 8.71. The molecule has 1 N–H and O–H groups in total. The van der Waals surface area contributed by atoms with E-state index in [1.807, 2.05) is 6.07 Å². The summed E-state index contributed by atoms with van der Waals surface area (Å²) in [5.74, 6) is 0.0954. The second-order valence-corrected chi connectivity index (χ2v) is 6.96. The summed E-state index contributed by atoms with van der Waals surface area (Å²) >= 11 is 0. The lowest BCUT2D eigenvalue weighted by atomic mass is 10.0. The highest BCUT2D eigenvalue weighted by Gasteiger charge is 2.26. The van der Waals surface area contributed by atoms with Crippen LogP contribution in [0.25, 0.3) is 0 Å². The molecule has 4 nitrogen and oxygen atoms in total. The molecule has 0 radical (unpaired) electrons. The summed E-state index contributed by atoms with van der Waals surface area (Å²) in [5, 5.41) is 3.14. The topological polar surface area (TPSA) is 35.6 Å². The molecule has 1 aliphatic heterocycles. The van der Waals surface area contributed by atoms with Crippen LogP contribution in [0, 0.1) is 0 Å². The molecule has 1 aromatic carbocycles. The molecule has 0 saturated carbocycles. The number of amides is 1. The van der Waals surface area contributed by atoms with Gasteiger partial charge in [0.1, 0.15) is 0 Å². The van der Waals surface area contributed by atoms with E-state index in [4.69, 9.17) is 0 Å². The number of rotatable bonds is 4. The van der Waals surface area contributed by atoms with E-state index in [2.05, 4.69) is 68.1 Å². The summed E-state index contributed by atoms with van der Waals surface area (Å²) in [4.78, 5) is 17.0. The Kier molecular flexibility index (Phi) is 4.99. The number of fused-ring (bicyclic) bond motifs is 1. The smallest absolute Gasteiger partial charge is 0.239 e. The fourth-order valence-electron chi connectivity index (χ4n) is 2.83. The quantitative estimate of drug-likeness (QED) is 0.928. The van der Waals surface area contributed by atoms with Gasteiger partial charge in [0.25, 0.3) is 0 Å². The minimum absolute atomic E-state index is 0.0954. The van der Waals surface area contributed by atoms with Crippen molar-refractivity contribution in [3.63, 3.8) is 0 Å². The Morgan fingerprint density at radius 3 is 2.59 bits per heavy atom. The van der Waals surface area contributed by atoms with Gasteiger partial charge in [0.05, 0.1) is 17.9 Å². The molecule has 122 valence electrons. The van der Waals surface area contributed by atoms with Crippen molar-refractivity contribution in [3.05, 3.63) is 24.3 Å². The number of hydrogen-bond donors (Lipinski definition) is 1. The zero-order valence-corrected chi connectivity index (χ0v) is 14.5. The molecule has 1 atom stereocenters. The van der Waals surface area contributed by atoms with Crippen LogP contribution >= 0.6 is 0 Å². The second kappa shape index (κ2) is 6.59. The van der Waals surface area contributed by atoms with Gasteiger partial charge in [-0.15, -0.1) is 0 Å². The lowest BCUT2D eigenvalue weighted by Gasteiger charge is -2.32. The lowest BCUT2D eigenvalue weighted by molar-refractivity contribution is -0.121. The molecule has 0 bridgehead atoms. The molecule has 1 amide bonds. The number of anilines is 2. The van der Waals surface area contributed by atoms with Crippen LogP contribution < -0.4 is 15.1 Å². The standard InChI is InChI=1S/C18H29N3O/c1-6-18(3,4)19-17(22)13-21-14(2)11-12-20(5)15-9-7-8-10-16(15)21/h7-10,14H,6,11-13H2,1-5H3,(H,19,22)/t14-/m0/s1. The van der Waals surface area contributed by atoms with E-state index in [0.29, 0.717) is 12.6 Å². The fraction of sp³-hybridized carbons (Fsp3) is 0.611. The minimum atomic E-state index is -0.150. The number of hydrogen-bond acceptors (Lipinski definition) is 3. The highest BCUT2D eigenvalue weighted by atomic mass is 16.2. The summed E-state index contributed by atoms with van der Waals surface area (Å²) in [7, 11) is 2.12. The van der Waals surface area contributed by atoms with Crippen LogP contribution in [0.2, 0.25) is 0 Å². The van der Waals surface area contributed by atoms with E-state index in [-0.39, 0.29) is 11.4 Å². The van der Waals surface area contributed by atoms with Gasteiger partial charge >= 0.3 is 0 Å². The molecule has 1 heterocycles. The average Bonchev–Trinajstić information content (AvgIpc) is 2.59. The third-order valence-electron chi connectivity index (χ3n) is 4.69. The predicted molar refractivity (Wildman–Crippen MR) is 93.6 cm³/mol. The SMILES string of the molecule is CCC(C)(C)NC(=O)CN1c2ccccc2N(C)CC[C@@H]1C. The van der Waals surface area contributed by atoms with E-state index in [0.717, 1.165) is 25.1 Å². The van der Waals surface area contributed by atoms with Gasteiger partial charge in [-0.2, -0.15) is 0 Å². The van der Waals surface area contributed by atoms with E-state index in [9.17, 15) is 4.79 Å². The molecular weight excluding hydrogens is 274 g/mol. The predicted octanol–water partition coefficient (Wildman–Crippen LogP) is 3.03. The number of carbonyl (C=O) groups excluding carboxylic acids is 1. The number of nitrogens with zero attached hydrogens (tertiary/aromatic N) is 2. The Bertz CT molecular complexity index is 527. The van der Waals surface area contributed by atoms with Crippen LogP contribution in [-0.4, -0.2) is 37.6 Å². The van der Waals surface area contributed by atoms with Gasteiger partial charge in [-0.05, 0) is 45.7 Å². The number of nitrogens with one attached hydrogen (secondary N) is 1. The third-order valence-corrected chi connectivity index (χ3v) is 4.69. The Labute approximate surface area is 134 Å². The normalized spacial score (nSPS) is 18.7. The zero-order chi connectivity index (χ0) is 16.3. The van der Waals surface area contributed by atoms with Crippen LogP contribution in [0.1, 0.15) is 40.5 Å². The molecule has 4 heteroatoms. The highest BCUT2D eigenvalue weighted by molar-refractivity contribution is 5.84. The molecule has 1 aromatic rings. The number of para-hydroxylation sites is 2. The lowest BCUT2D eigenvalue weighted by Crippen LogP contribution is -2.49. The van der Waals surface area contributed by atoms with Crippen LogP contribution in [0.3, 0.4) is 0 Å². The van der Waals surface area contributed by atoms with E-state index in [1.54, 1.807) is 0 Å². The van der Waals surface area contributed by atoms with E-state index >= 15 is 0 Å². The minimum Gasteiger partial charge on any atom is -0.373 e. The summed E-state index contributed by atoms with van der Waals surface area (Å²) < 4.78 is 0. The van der Waals surface area contributed by atoms with E-state index in [1.165, 1.54) is 5.69 Å². The molecule has 0 saturated heterocycles. The maximum absolute atomic E-state index is 12.5. The van der Waals surface area contributed by atoms with Gasteiger partial charge in [0.15, 0.2) is 0 Å². The van der Waals surface area contributed by atoms with Gasteiger partial charge in [-0.3, -0.25) is 4.79 Å². The first-order chi connectivity index (χ1) is 10.3. The van der Waals surface area contributed by atoms with Gasteiger partial charge in [-0.25, -0.2) is 0 Å². The van der Waals surface area contributed by atoms with Crippen molar-refractivity contribution < 1.29 is 4.79 Å². The molecule has 0 aromatic heterocycles. The van der Waals surface area contributed by atoms with Crippen molar-refractivity contribution in [2.24, 2.45) is 0 Å². The third kappa shape index (κ3) is 3.73. The zero-order valence-electron chi connectivity index (χ0n) is 14.5. The average molecular weight is 303 g/mol. The highest BCUT2D eigenvalue weighted by Crippen LogP contribution is 2.33. The van der Waals surface area contributed by atoms with Gasteiger partial charge in [0, 0.05) is 25.2 Å². The maximum Gasteiger partial charge on any atom is 0.239 e. The fourth-order valence-corrected chi connectivity index (χ4v) is 2.83. The van der Waals surface area contributed by atoms with Crippen molar-refractivity contribution in [2.45, 2.75) is 52.1 Å². The largest absolute Gasteiger partial charge is 0.373 e. The molecule has 0 spiro atoms. The number of carbonyl (C=O) groups is 1. The summed E-state index contributed by atoms with van der Waals surface area (Å²) in [6.45, 7) is 9.86. The second-order valence-electron chi connectivity index (χ2n) is 6.96. The van der Waals surface area contributed by atoms with Gasteiger partial charge in [0.2, 0.25) is 5.91 Å². The Balaban J connectivity index is 2.21. The number of benzene rings is 1. The molecule has 0 unspecified atom stereocenters. The maximum atomic E-state index is 12.5. The van der Waals surface area contributed by atoms with Crippen LogP contribution in [0.5, 0.6) is 0 Å². The van der Waals surface area contributed by atoms with Crippen LogP contribution in [0.4, 0.5) is 11.4 Å². The van der Waals surface area contributed by atoms with Crippen molar-refractivity contribution in [1.82, 2.24) is 5.32 Å². The van der Waals surface area contributed by atoms with Crippen molar-refractivity contribution in [2.75, 3.05) is 29.9 Å². The molecule has 22 heavy (non-hydrogen) atoms. The van der Waals surface area contributed by atoms with Gasteiger partial charge in [-0.1, -0.05) is 19.1 Å². The summed E-state index contributed by atoms with van der Waals surface area (Å²) in [5.41, 5.74) is 2.21. The summed E-state index contributed by atoms with van der Waals surface area (Å²) in [6.07, 6.45) is 1.98. The Morgan fingerprint density at radius 1 is 1.32 bits per heavy atom. The van der Waals surface area contributed by atoms with Crippen molar-refractivity contribution in [1.29, 1.82) is 0 Å².